The van der Waals surface area contributed by atoms with Crippen LogP contribution in [0.25, 0.3) is 10.9 Å². The molecule has 112 valence electrons. The molecule has 0 saturated heterocycles. The van der Waals surface area contributed by atoms with E-state index in [2.05, 4.69) is 11.6 Å². The molecule has 0 atom stereocenters. The third kappa shape index (κ3) is 3.87. The van der Waals surface area contributed by atoms with Crippen LogP contribution < -0.4 is 5.56 Å². The molecule has 0 bridgehead atoms. The lowest BCUT2D eigenvalue weighted by atomic mass is 10.2. The van der Waals surface area contributed by atoms with E-state index >= 15 is 0 Å². The van der Waals surface area contributed by atoms with Gasteiger partial charge in [-0.2, -0.15) is 0 Å². The maximum absolute atomic E-state index is 12.6. The van der Waals surface area contributed by atoms with E-state index in [0.29, 0.717) is 40.0 Å². The summed E-state index contributed by atoms with van der Waals surface area (Å²) in [6.07, 6.45) is 0. The molecule has 1 heterocycles. The monoisotopic (exact) mass is 324 g/mol. The van der Waals surface area contributed by atoms with Gasteiger partial charge >= 0.3 is 0 Å². The number of hydrogen-bond acceptors (Lipinski definition) is 4. The number of rotatable bonds is 6. The number of methoxy groups -OCH3 is 1. The van der Waals surface area contributed by atoms with Gasteiger partial charge in [-0.15, -0.1) is 0 Å². The summed E-state index contributed by atoms with van der Waals surface area (Å²) in [4.78, 5) is 17.2. The van der Waals surface area contributed by atoms with Gasteiger partial charge in [-0.25, -0.2) is 4.98 Å². The van der Waals surface area contributed by atoms with Gasteiger partial charge in [-0.1, -0.05) is 35.5 Å². The quantitative estimate of drug-likeness (QED) is 0.464. The van der Waals surface area contributed by atoms with Crippen LogP contribution in [0.4, 0.5) is 0 Å². The molecule has 2 rings (SSSR count). The minimum atomic E-state index is -0.0714. The lowest BCUT2D eigenvalue weighted by molar-refractivity contribution is 0.183. The summed E-state index contributed by atoms with van der Waals surface area (Å²) in [6.45, 7) is 6.76. The number of halogens is 1. The minimum absolute atomic E-state index is 0.0714. The number of hydrogen-bond donors (Lipinski definition) is 0. The topological polar surface area (TPSA) is 44.1 Å². The van der Waals surface area contributed by atoms with Crippen molar-refractivity contribution in [3.63, 3.8) is 0 Å². The van der Waals surface area contributed by atoms with Gasteiger partial charge in [0, 0.05) is 17.9 Å². The minimum Gasteiger partial charge on any atom is -0.383 e. The summed E-state index contributed by atoms with van der Waals surface area (Å²) >= 11 is 7.48. The maximum atomic E-state index is 12.6. The number of ether oxygens (including phenoxy) is 1. The molecule has 2 aromatic rings. The van der Waals surface area contributed by atoms with Crippen LogP contribution in [0.15, 0.2) is 40.3 Å². The van der Waals surface area contributed by atoms with Gasteiger partial charge < -0.3 is 4.74 Å². The van der Waals surface area contributed by atoms with Crippen LogP contribution in [0.2, 0.25) is 5.02 Å². The molecule has 0 unspecified atom stereocenters. The third-order valence-corrected chi connectivity index (χ3v) is 4.29. The second-order valence-corrected chi connectivity index (χ2v) is 6.13. The number of nitrogens with zero attached hydrogens (tertiary/aromatic N) is 2. The highest BCUT2D eigenvalue weighted by atomic mass is 35.5. The largest absolute Gasteiger partial charge is 0.383 e. The predicted octanol–water partition coefficient (Wildman–Crippen LogP) is 3.36. The molecule has 0 N–H and O–H groups in total. The average molecular weight is 325 g/mol. The van der Waals surface area contributed by atoms with Crippen molar-refractivity contribution in [1.82, 2.24) is 9.55 Å². The molecule has 0 aliphatic rings. The van der Waals surface area contributed by atoms with E-state index in [-0.39, 0.29) is 5.56 Å². The van der Waals surface area contributed by atoms with Gasteiger partial charge in [-0.3, -0.25) is 9.36 Å². The first-order chi connectivity index (χ1) is 10.0. The Morgan fingerprint density at radius 1 is 1.52 bits per heavy atom. The second-order valence-electron chi connectivity index (χ2n) is 4.75. The van der Waals surface area contributed by atoms with E-state index in [0.717, 1.165) is 5.57 Å². The zero-order valence-corrected chi connectivity index (χ0v) is 13.6. The van der Waals surface area contributed by atoms with E-state index < -0.39 is 0 Å². The van der Waals surface area contributed by atoms with Crippen LogP contribution >= 0.6 is 23.4 Å². The highest BCUT2D eigenvalue weighted by Gasteiger charge is 2.11. The first-order valence-corrected chi connectivity index (χ1v) is 7.85. The second kappa shape index (κ2) is 7.11. The highest BCUT2D eigenvalue weighted by molar-refractivity contribution is 7.99. The molecule has 0 aliphatic carbocycles. The van der Waals surface area contributed by atoms with Crippen LogP contribution in [0, 0.1) is 0 Å². The van der Waals surface area contributed by atoms with E-state index in [9.17, 15) is 4.79 Å². The Bertz CT molecular complexity index is 727. The van der Waals surface area contributed by atoms with Gasteiger partial charge in [-0.05, 0) is 25.1 Å². The normalized spacial score (nSPS) is 11.0. The predicted molar refractivity (Wildman–Crippen MR) is 88.4 cm³/mol. The van der Waals surface area contributed by atoms with Crippen LogP contribution in [-0.2, 0) is 11.3 Å². The molecule has 6 heteroatoms. The van der Waals surface area contributed by atoms with Gasteiger partial charge in [0.2, 0.25) is 0 Å². The van der Waals surface area contributed by atoms with Gasteiger partial charge in [0.25, 0.3) is 5.56 Å². The smallest absolute Gasteiger partial charge is 0.262 e. The Labute approximate surface area is 132 Å². The van der Waals surface area contributed by atoms with Crippen molar-refractivity contribution < 1.29 is 4.74 Å². The highest BCUT2D eigenvalue weighted by Crippen LogP contribution is 2.21. The van der Waals surface area contributed by atoms with Crippen molar-refractivity contribution in [2.45, 2.75) is 18.6 Å². The summed E-state index contributed by atoms with van der Waals surface area (Å²) in [6, 6.07) is 5.13. The molecular weight excluding hydrogens is 308 g/mol. The van der Waals surface area contributed by atoms with Crippen LogP contribution in [-0.4, -0.2) is 29.0 Å². The summed E-state index contributed by atoms with van der Waals surface area (Å²) in [7, 11) is 1.61. The fourth-order valence-corrected chi connectivity index (χ4v) is 2.89. The van der Waals surface area contributed by atoms with E-state index in [1.165, 1.54) is 11.8 Å². The first-order valence-electron chi connectivity index (χ1n) is 6.49. The molecule has 4 nitrogen and oxygen atoms in total. The average Bonchev–Trinajstić information content (AvgIpc) is 2.44. The Morgan fingerprint density at radius 2 is 2.29 bits per heavy atom. The maximum Gasteiger partial charge on any atom is 0.262 e. The fraction of sp³-hybridized carbons (Fsp3) is 0.333. The Balaban J connectivity index is 2.55. The summed E-state index contributed by atoms with van der Waals surface area (Å²) in [5, 5.41) is 1.80. The van der Waals surface area contributed by atoms with Crippen molar-refractivity contribution in [2.75, 3.05) is 19.5 Å². The number of aromatic nitrogens is 2. The summed E-state index contributed by atoms with van der Waals surface area (Å²) in [5.74, 6) is 0.714. The van der Waals surface area contributed by atoms with Crippen molar-refractivity contribution in [3.8, 4) is 0 Å². The van der Waals surface area contributed by atoms with Crippen molar-refractivity contribution in [2.24, 2.45) is 0 Å². The van der Waals surface area contributed by atoms with Crippen molar-refractivity contribution in [3.05, 3.63) is 45.7 Å². The Morgan fingerprint density at radius 3 is 2.95 bits per heavy atom. The van der Waals surface area contributed by atoms with Crippen LogP contribution in [0.5, 0.6) is 0 Å². The number of fused-ring (bicyclic) bond motifs is 1. The molecule has 0 saturated carbocycles. The SMILES string of the molecule is C=C(C)CSc1nc2cc(Cl)ccc2c(=O)n1CCOC. The molecule has 0 radical (unpaired) electrons. The molecule has 0 amide bonds. The molecule has 1 aromatic heterocycles. The van der Waals surface area contributed by atoms with Crippen LogP contribution in [0.3, 0.4) is 0 Å². The summed E-state index contributed by atoms with van der Waals surface area (Å²) in [5.41, 5.74) is 1.57. The van der Waals surface area contributed by atoms with Crippen LogP contribution in [0.1, 0.15) is 6.92 Å². The zero-order valence-electron chi connectivity index (χ0n) is 12.1. The van der Waals surface area contributed by atoms with Gasteiger partial charge in [0.1, 0.15) is 0 Å². The fourth-order valence-electron chi connectivity index (χ4n) is 1.85. The number of thioether (sulfide) groups is 1. The Hall–Kier alpha value is -1.30. The Kier molecular flexibility index (Phi) is 5.45. The van der Waals surface area contributed by atoms with Gasteiger partial charge in [0.15, 0.2) is 5.16 Å². The first kappa shape index (κ1) is 16.1. The van der Waals surface area contributed by atoms with E-state index in [1.807, 2.05) is 6.92 Å². The van der Waals surface area contributed by atoms with Crippen molar-refractivity contribution in [1.29, 1.82) is 0 Å². The molecule has 1 aromatic carbocycles. The molecular formula is C15H17ClN2O2S. The number of benzene rings is 1. The van der Waals surface area contributed by atoms with Crippen molar-refractivity contribution >= 4 is 34.3 Å². The standard InChI is InChI=1S/C15H17ClN2O2S/c1-10(2)9-21-15-17-13-8-11(16)4-5-12(13)14(19)18(15)6-7-20-3/h4-5,8H,1,6-7,9H2,2-3H3. The third-order valence-electron chi connectivity index (χ3n) is 2.85. The van der Waals surface area contributed by atoms with E-state index in [4.69, 9.17) is 16.3 Å². The lowest BCUT2D eigenvalue weighted by Crippen LogP contribution is -2.25. The molecule has 0 aliphatic heterocycles. The molecule has 21 heavy (non-hydrogen) atoms. The summed E-state index contributed by atoms with van der Waals surface area (Å²) < 4.78 is 6.72. The molecule has 0 spiro atoms. The van der Waals surface area contributed by atoms with E-state index in [1.54, 1.807) is 29.9 Å². The zero-order chi connectivity index (χ0) is 15.4. The van der Waals surface area contributed by atoms with Gasteiger partial charge in [0.05, 0.1) is 24.1 Å². The molecule has 0 fully saturated rings. The lowest BCUT2D eigenvalue weighted by Gasteiger charge is -2.12.